The second kappa shape index (κ2) is 5.69. The Morgan fingerprint density at radius 3 is 2.77 bits per heavy atom. The quantitative estimate of drug-likeness (QED) is 0.745. The fourth-order valence-electron chi connectivity index (χ4n) is 2.09. The normalized spacial score (nSPS) is 10.7. The minimum Gasteiger partial charge on any atom is -0.287 e. The van der Waals surface area contributed by atoms with Crippen LogP contribution in [0.15, 0.2) is 36.0 Å². The SMILES string of the molecule is Cc1csc(N(C)C(=O)c2cnn(-c3ccccn3)c2C)n1. The largest absolute Gasteiger partial charge is 0.287 e. The standard InChI is InChI=1S/C15H15N5OS/c1-10-9-22-15(18-10)19(3)14(21)12-8-17-20(11(12)2)13-6-4-5-7-16-13/h4-9H,1-3H3. The Morgan fingerprint density at radius 1 is 1.32 bits per heavy atom. The van der Waals surface area contributed by atoms with Gasteiger partial charge >= 0.3 is 0 Å². The van der Waals surface area contributed by atoms with E-state index in [1.165, 1.54) is 11.3 Å². The number of pyridine rings is 1. The Labute approximate surface area is 132 Å². The molecule has 0 unspecified atom stereocenters. The van der Waals surface area contributed by atoms with Crippen molar-refractivity contribution in [2.45, 2.75) is 13.8 Å². The molecule has 0 radical (unpaired) electrons. The molecule has 6 nitrogen and oxygen atoms in total. The van der Waals surface area contributed by atoms with E-state index in [1.807, 2.05) is 37.4 Å². The number of anilines is 1. The van der Waals surface area contributed by atoms with Gasteiger partial charge in [-0.1, -0.05) is 6.07 Å². The van der Waals surface area contributed by atoms with E-state index in [4.69, 9.17) is 0 Å². The molecule has 0 aliphatic heterocycles. The molecule has 0 aliphatic carbocycles. The highest BCUT2D eigenvalue weighted by atomic mass is 32.1. The molecular formula is C15H15N5OS. The van der Waals surface area contributed by atoms with Crippen molar-refractivity contribution in [3.63, 3.8) is 0 Å². The predicted octanol–water partition coefficient (Wildman–Crippen LogP) is 2.62. The predicted molar refractivity (Wildman–Crippen MR) is 85.7 cm³/mol. The lowest BCUT2D eigenvalue weighted by molar-refractivity contribution is 0.0992. The average Bonchev–Trinajstić information content (AvgIpc) is 3.13. The van der Waals surface area contributed by atoms with Crippen LogP contribution in [0.5, 0.6) is 0 Å². The van der Waals surface area contributed by atoms with Gasteiger partial charge in [0.05, 0.1) is 23.1 Å². The van der Waals surface area contributed by atoms with Gasteiger partial charge in [0.1, 0.15) is 0 Å². The number of hydrogen-bond acceptors (Lipinski definition) is 5. The minimum atomic E-state index is -0.131. The Bertz CT molecular complexity index is 808. The van der Waals surface area contributed by atoms with E-state index in [0.717, 1.165) is 11.4 Å². The second-order valence-electron chi connectivity index (χ2n) is 4.88. The Hall–Kier alpha value is -2.54. The van der Waals surface area contributed by atoms with E-state index in [9.17, 15) is 4.79 Å². The maximum Gasteiger partial charge on any atom is 0.263 e. The van der Waals surface area contributed by atoms with Crippen LogP contribution in [0.1, 0.15) is 21.7 Å². The van der Waals surface area contributed by atoms with Gasteiger partial charge in [-0.3, -0.25) is 9.69 Å². The van der Waals surface area contributed by atoms with Gasteiger partial charge in [-0.15, -0.1) is 11.3 Å². The number of carbonyl (C=O) groups excluding carboxylic acids is 1. The van der Waals surface area contributed by atoms with Crippen molar-refractivity contribution in [1.82, 2.24) is 19.7 Å². The van der Waals surface area contributed by atoms with Crippen molar-refractivity contribution < 1.29 is 4.79 Å². The summed E-state index contributed by atoms with van der Waals surface area (Å²) in [6.45, 7) is 3.76. The van der Waals surface area contributed by atoms with Gasteiger partial charge in [0.25, 0.3) is 5.91 Å². The molecule has 112 valence electrons. The summed E-state index contributed by atoms with van der Waals surface area (Å²) in [5.41, 5.74) is 2.20. The molecule has 0 aromatic carbocycles. The molecule has 7 heteroatoms. The van der Waals surface area contributed by atoms with Gasteiger partial charge in [-0.25, -0.2) is 14.6 Å². The van der Waals surface area contributed by atoms with E-state index in [2.05, 4.69) is 15.1 Å². The summed E-state index contributed by atoms with van der Waals surface area (Å²) in [6, 6.07) is 5.57. The van der Waals surface area contributed by atoms with Gasteiger partial charge in [0, 0.05) is 18.6 Å². The molecule has 0 saturated carbocycles. The second-order valence-corrected chi connectivity index (χ2v) is 5.72. The molecule has 3 aromatic heterocycles. The highest BCUT2D eigenvalue weighted by Crippen LogP contribution is 2.22. The monoisotopic (exact) mass is 313 g/mol. The first-order valence-corrected chi connectivity index (χ1v) is 7.62. The van der Waals surface area contributed by atoms with E-state index in [-0.39, 0.29) is 5.91 Å². The summed E-state index contributed by atoms with van der Waals surface area (Å²) in [6.07, 6.45) is 3.27. The summed E-state index contributed by atoms with van der Waals surface area (Å²) in [4.78, 5) is 22.8. The van der Waals surface area contributed by atoms with Crippen LogP contribution in [-0.4, -0.2) is 32.7 Å². The molecule has 0 spiro atoms. The van der Waals surface area contributed by atoms with Crippen LogP contribution in [-0.2, 0) is 0 Å². The zero-order valence-corrected chi connectivity index (χ0v) is 13.3. The van der Waals surface area contributed by atoms with Gasteiger partial charge in [0.15, 0.2) is 10.9 Å². The van der Waals surface area contributed by atoms with Gasteiger partial charge in [-0.05, 0) is 26.0 Å². The highest BCUT2D eigenvalue weighted by Gasteiger charge is 2.21. The molecule has 0 aliphatic rings. The molecule has 0 atom stereocenters. The first-order valence-electron chi connectivity index (χ1n) is 6.74. The smallest absolute Gasteiger partial charge is 0.263 e. The molecule has 0 bridgehead atoms. The Balaban J connectivity index is 1.93. The first kappa shape index (κ1) is 14.4. The average molecular weight is 313 g/mol. The number of nitrogens with zero attached hydrogens (tertiary/aromatic N) is 5. The lowest BCUT2D eigenvalue weighted by Crippen LogP contribution is -2.26. The summed E-state index contributed by atoms with van der Waals surface area (Å²) >= 11 is 1.44. The molecule has 3 aromatic rings. The van der Waals surface area contributed by atoms with Crippen LogP contribution in [0.2, 0.25) is 0 Å². The topological polar surface area (TPSA) is 63.9 Å². The summed E-state index contributed by atoms with van der Waals surface area (Å²) < 4.78 is 1.66. The molecule has 0 saturated heterocycles. The first-order chi connectivity index (χ1) is 10.6. The Morgan fingerprint density at radius 2 is 2.14 bits per heavy atom. The molecular weight excluding hydrogens is 298 g/mol. The zero-order valence-electron chi connectivity index (χ0n) is 12.5. The number of aryl methyl sites for hydroxylation is 1. The van der Waals surface area contributed by atoms with E-state index in [0.29, 0.717) is 16.5 Å². The number of hydrogen-bond donors (Lipinski definition) is 0. The third kappa shape index (κ3) is 2.50. The molecule has 0 N–H and O–H groups in total. The van der Waals surface area contributed by atoms with Gasteiger partial charge < -0.3 is 0 Å². The molecule has 22 heavy (non-hydrogen) atoms. The Kier molecular flexibility index (Phi) is 3.72. The zero-order chi connectivity index (χ0) is 15.7. The van der Waals surface area contributed by atoms with Crippen molar-refractivity contribution >= 4 is 22.4 Å². The van der Waals surface area contributed by atoms with Crippen molar-refractivity contribution in [3.05, 3.63) is 52.9 Å². The van der Waals surface area contributed by atoms with E-state index in [1.54, 1.807) is 29.0 Å². The van der Waals surface area contributed by atoms with Crippen LogP contribution in [0.25, 0.3) is 5.82 Å². The molecule has 0 fully saturated rings. The third-order valence-electron chi connectivity index (χ3n) is 3.30. The van der Waals surface area contributed by atoms with Gasteiger partial charge in [0.2, 0.25) is 0 Å². The molecule has 3 heterocycles. The maximum atomic E-state index is 12.6. The van der Waals surface area contributed by atoms with E-state index < -0.39 is 0 Å². The van der Waals surface area contributed by atoms with Crippen molar-refractivity contribution in [1.29, 1.82) is 0 Å². The fraction of sp³-hybridized carbons (Fsp3) is 0.200. The number of amides is 1. The van der Waals surface area contributed by atoms with Crippen molar-refractivity contribution in [2.75, 3.05) is 11.9 Å². The van der Waals surface area contributed by atoms with Crippen molar-refractivity contribution in [2.24, 2.45) is 0 Å². The molecule has 3 rings (SSSR count). The number of aromatic nitrogens is 4. The van der Waals surface area contributed by atoms with E-state index >= 15 is 0 Å². The third-order valence-corrected chi connectivity index (χ3v) is 4.34. The van der Waals surface area contributed by atoms with Crippen LogP contribution in [0, 0.1) is 13.8 Å². The van der Waals surface area contributed by atoms with Crippen molar-refractivity contribution in [3.8, 4) is 5.82 Å². The lowest BCUT2D eigenvalue weighted by atomic mass is 10.2. The van der Waals surface area contributed by atoms with Crippen LogP contribution in [0.3, 0.4) is 0 Å². The summed E-state index contributed by atoms with van der Waals surface area (Å²) in [7, 11) is 1.72. The van der Waals surface area contributed by atoms with Crippen LogP contribution >= 0.6 is 11.3 Å². The van der Waals surface area contributed by atoms with Gasteiger partial charge in [-0.2, -0.15) is 5.10 Å². The van der Waals surface area contributed by atoms with Crippen LogP contribution < -0.4 is 4.90 Å². The fourth-order valence-corrected chi connectivity index (χ4v) is 2.86. The highest BCUT2D eigenvalue weighted by molar-refractivity contribution is 7.14. The molecule has 1 amide bonds. The summed E-state index contributed by atoms with van der Waals surface area (Å²) in [5.74, 6) is 0.556. The number of rotatable bonds is 3. The maximum absolute atomic E-state index is 12.6. The van der Waals surface area contributed by atoms with Crippen LogP contribution in [0.4, 0.5) is 5.13 Å². The summed E-state index contributed by atoms with van der Waals surface area (Å²) in [5, 5.41) is 6.87. The minimum absolute atomic E-state index is 0.131. The lowest BCUT2D eigenvalue weighted by Gasteiger charge is -2.13. The number of carbonyl (C=O) groups is 1. The number of thiazole rings is 1.